The van der Waals surface area contributed by atoms with Crippen LogP contribution in [0.5, 0.6) is 0 Å². The van der Waals surface area contributed by atoms with Crippen LogP contribution in [0, 0.1) is 6.92 Å². The molecule has 20 heavy (non-hydrogen) atoms. The van der Waals surface area contributed by atoms with E-state index in [1.54, 1.807) is 11.9 Å². The number of nitrogens with one attached hydrogen (secondary N) is 1. The Balaban J connectivity index is 2.01. The number of anilines is 1. The van der Waals surface area contributed by atoms with Gasteiger partial charge in [-0.05, 0) is 36.2 Å². The molecule has 0 aliphatic heterocycles. The Morgan fingerprint density at radius 2 is 1.90 bits per heavy atom. The van der Waals surface area contributed by atoms with E-state index < -0.39 is 0 Å². The van der Waals surface area contributed by atoms with Crippen LogP contribution >= 0.6 is 15.9 Å². The second-order valence-corrected chi connectivity index (χ2v) is 5.65. The molecule has 0 aliphatic carbocycles. The number of nitrogens with zero attached hydrogens (tertiary/aromatic N) is 1. The Morgan fingerprint density at radius 1 is 1.20 bits per heavy atom. The van der Waals surface area contributed by atoms with E-state index >= 15 is 0 Å². The van der Waals surface area contributed by atoms with E-state index in [0.717, 1.165) is 21.3 Å². The molecule has 0 heterocycles. The van der Waals surface area contributed by atoms with Gasteiger partial charge < -0.3 is 10.2 Å². The van der Waals surface area contributed by atoms with Gasteiger partial charge in [-0.3, -0.25) is 0 Å². The van der Waals surface area contributed by atoms with Crippen molar-refractivity contribution in [3.05, 3.63) is 64.1 Å². The molecular formula is C16H17BrN2O. The highest BCUT2D eigenvalue weighted by Crippen LogP contribution is 2.20. The summed E-state index contributed by atoms with van der Waals surface area (Å²) < 4.78 is 1.01. The largest absolute Gasteiger partial charge is 0.323 e. The van der Waals surface area contributed by atoms with Gasteiger partial charge in [0.1, 0.15) is 0 Å². The van der Waals surface area contributed by atoms with Gasteiger partial charge in [0.15, 0.2) is 0 Å². The molecular weight excluding hydrogens is 316 g/mol. The third-order valence-corrected chi connectivity index (χ3v) is 3.53. The lowest BCUT2D eigenvalue weighted by molar-refractivity contribution is 0.220. The first-order valence-electron chi connectivity index (χ1n) is 6.38. The van der Waals surface area contributed by atoms with Crippen molar-refractivity contribution in [2.24, 2.45) is 0 Å². The van der Waals surface area contributed by atoms with Crippen molar-refractivity contribution in [1.29, 1.82) is 0 Å². The molecule has 0 bridgehead atoms. The molecule has 0 spiro atoms. The van der Waals surface area contributed by atoms with E-state index in [4.69, 9.17) is 0 Å². The summed E-state index contributed by atoms with van der Waals surface area (Å²) in [5.74, 6) is 0. The fraction of sp³-hybridized carbons (Fsp3) is 0.188. The summed E-state index contributed by atoms with van der Waals surface area (Å²) in [5.41, 5.74) is 2.97. The number of rotatable bonds is 3. The molecule has 0 unspecified atom stereocenters. The summed E-state index contributed by atoms with van der Waals surface area (Å²) >= 11 is 3.41. The van der Waals surface area contributed by atoms with Crippen LogP contribution in [-0.2, 0) is 6.54 Å². The van der Waals surface area contributed by atoms with Crippen LogP contribution in [-0.4, -0.2) is 18.0 Å². The molecule has 2 rings (SSSR count). The van der Waals surface area contributed by atoms with Gasteiger partial charge in [0.2, 0.25) is 0 Å². The summed E-state index contributed by atoms with van der Waals surface area (Å²) in [7, 11) is 1.79. The Morgan fingerprint density at radius 3 is 2.55 bits per heavy atom. The van der Waals surface area contributed by atoms with Gasteiger partial charge in [-0.1, -0.05) is 46.3 Å². The second-order valence-electron chi connectivity index (χ2n) is 4.73. The highest BCUT2D eigenvalue weighted by Gasteiger charge is 2.10. The SMILES string of the molecule is Cc1cc(Br)ccc1NC(=O)N(C)Cc1ccccc1. The number of hydrogen-bond acceptors (Lipinski definition) is 1. The number of halogens is 1. The molecule has 0 aliphatic rings. The van der Waals surface area contributed by atoms with Gasteiger partial charge in [0, 0.05) is 23.8 Å². The van der Waals surface area contributed by atoms with Crippen LogP contribution in [0.4, 0.5) is 10.5 Å². The minimum atomic E-state index is -0.112. The lowest BCUT2D eigenvalue weighted by atomic mass is 10.2. The van der Waals surface area contributed by atoms with Crippen LogP contribution in [0.15, 0.2) is 53.0 Å². The maximum Gasteiger partial charge on any atom is 0.321 e. The van der Waals surface area contributed by atoms with Crippen LogP contribution in [0.25, 0.3) is 0 Å². The molecule has 0 saturated carbocycles. The molecule has 104 valence electrons. The third-order valence-electron chi connectivity index (χ3n) is 3.04. The van der Waals surface area contributed by atoms with Crippen molar-refractivity contribution in [3.8, 4) is 0 Å². The lowest BCUT2D eigenvalue weighted by Crippen LogP contribution is -2.31. The smallest absolute Gasteiger partial charge is 0.321 e. The summed E-state index contributed by atoms with van der Waals surface area (Å²) in [5, 5.41) is 2.92. The van der Waals surface area contributed by atoms with Crippen molar-refractivity contribution in [1.82, 2.24) is 4.90 Å². The Hall–Kier alpha value is -1.81. The predicted molar refractivity (Wildman–Crippen MR) is 85.8 cm³/mol. The van der Waals surface area contributed by atoms with E-state index in [2.05, 4.69) is 21.2 Å². The average molecular weight is 333 g/mol. The monoisotopic (exact) mass is 332 g/mol. The maximum atomic E-state index is 12.2. The topological polar surface area (TPSA) is 32.3 Å². The van der Waals surface area contributed by atoms with Gasteiger partial charge >= 0.3 is 6.03 Å². The van der Waals surface area contributed by atoms with Crippen LogP contribution in [0.1, 0.15) is 11.1 Å². The highest BCUT2D eigenvalue weighted by molar-refractivity contribution is 9.10. The average Bonchev–Trinajstić information content (AvgIpc) is 2.43. The lowest BCUT2D eigenvalue weighted by Gasteiger charge is -2.19. The van der Waals surface area contributed by atoms with Crippen molar-refractivity contribution >= 4 is 27.6 Å². The normalized spacial score (nSPS) is 10.2. The van der Waals surface area contributed by atoms with E-state index in [1.165, 1.54) is 0 Å². The molecule has 0 fully saturated rings. The van der Waals surface area contributed by atoms with Gasteiger partial charge in [-0.2, -0.15) is 0 Å². The predicted octanol–water partition coefficient (Wildman–Crippen LogP) is 4.42. The van der Waals surface area contributed by atoms with Gasteiger partial charge in [0.25, 0.3) is 0 Å². The fourth-order valence-corrected chi connectivity index (χ4v) is 2.38. The van der Waals surface area contributed by atoms with Gasteiger partial charge in [-0.15, -0.1) is 0 Å². The standard InChI is InChI=1S/C16H17BrN2O/c1-12-10-14(17)8-9-15(12)18-16(20)19(2)11-13-6-4-3-5-7-13/h3-10H,11H2,1-2H3,(H,18,20). The fourth-order valence-electron chi connectivity index (χ4n) is 1.91. The van der Waals surface area contributed by atoms with Crippen molar-refractivity contribution in [2.45, 2.75) is 13.5 Å². The van der Waals surface area contributed by atoms with Gasteiger partial charge in [0.05, 0.1) is 0 Å². The minimum Gasteiger partial charge on any atom is -0.323 e. The molecule has 4 heteroatoms. The molecule has 2 amide bonds. The first kappa shape index (κ1) is 14.6. The molecule has 0 radical (unpaired) electrons. The molecule has 0 atom stereocenters. The number of amides is 2. The summed E-state index contributed by atoms with van der Waals surface area (Å²) in [6, 6.07) is 15.6. The number of hydrogen-bond donors (Lipinski definition) is 1. The van der Waals surface area contributed by atoms with Crippen molar-refractivity contribution < 1.29 is 4.79 Å². The number of aryl methyl sites for hydroxylation is 1. The summed E-state index contributed by atoms with van der Waals surface area (Å²) in [6.07, 6.45) is 0. The zero-order chi connectivity index (χ0) is 14.5. The molecule has 2 aromatic rings. The van der Waals surface area contributed by atoms with E-state index in [1.807, 2.05) is 55.5 Å². The number of carbonyl (C=O) groups excluding carboxylic acids is 1. The van der Waals surface area contributed by atoms with Crippen LogP contribution < -0.4 is 5.32 Å². The van der Waals surface area contributed by atoms with Crippen LogP contribution in [0.3, 0.4) is 0 Å². The number of benzene rings is 2. The quantitative estimate of drug-likeness (QED) is 0.886. The third kappa shape index (κ3) is 3.84. The van der Waals surface area contributed by atoms with E-state index in [-0.39, 0.29) is 6.03 Å². The molecule has 0 saturated heterocycles. The molecule has 0 aromatic heterocycles. The zero-order valence-corrected chi connectivity index (χ0v) is 13.1. The summed E-state index contributed by atoms with van der Waals surface area (Å²) in [4.78, 5) is 13.8. The highest BCUT2D eigenvalue weighted by atomic mass is 79.9. The second kappa shape index (κ2) is 6.57. The molecule has 3 nitrogen and oxygen atoms in total. The van der Waals surface area contributed by atoms with Crippen LogP contribution in [0.2, 0.25) is 0 Å². The zero-order valence-electron chi connectivity index (χ0n) is 11.6. The molecule has 2 aromatic carbocycles. The number of carbonyl (C=O) groups is 1. The van der Waals surface area contributed by atoms with Crippen molar-refractivity contribution in [3.63, 3.8) is 0 Å². The maximum absolute atomic E-state index is 12.2. The first-order valence-corrected chi connectivity index (χ1v) is 7.18. The van der Waals surface area contributed by atoms with Crippen molar-refractivity contribution in [2.75, 3.05) is 12.4 Å². The number of urea groups is 1. The summed E-state index contributed by atoms with van der Waals surface area (Å²) in [6.45, 7) is 2.56. The first-order chi connectivity index (χ1) is 9.56. The Bertz CT molecular complexity index is 599. The van der Waals surface area contributed by atoms with Gasteiger partial charge in [-0.25, -0.2) is 4.79 Å². The Labute approximate surface area is 127 Å². The van der Waals surface area contributed by atoms with E-state index in [0.29, 0.717) is 6.54 Å². The molecule has 1 N–H and O–H groups in total. The van der Waals surface area contributed by atoms with E-state index in [9.17, 15) is 4.79 Å². The Kier molecular flexibility index (Phi) is 4.79. The minimum absolute atomic E-state index is 0.112.